The summed E-state index contributed by atoms with van der Waals surface area (Å²) in [6, 6.07) is -0.947. The maximum atomic E-state index is 13.5. The number of ether oxygens (including phenoxy) is 1. The lowest BCUT2D eigenvalue weighted by atomic mass is 10.1. The van der Waals surface area contributed by atoms with Crippen LogP contribution >= 0.6 is 7.82 Å². The first kappa shape index (κ1) is 67.9. The van der Waals surface area contributed by atoms with Crippen molar-refractivity contribution in [3.8, 4) is 0 Å². The van der Waals surface area contributed by atoms with Crippen molar-refractivity contribution in [2.75, 3.05) is 40.9 Å². The number of amides is 1. The zero-order chi connectivity index (χ0) is 52.9. The minimum Gasteiger partial charge on any atom is -0.756 e. The van der Waals surface area contributed by atoms with Gasteiger partial charge in [-0.3, -0.25) is 14.2 Å². The lowest BCUT2D eigenvalue weighted by molar-refractivity contribution is -0.870. The Morgan fingerprint density at radius 3 is 1.51 bits per heavy atom. The van der Waals surface area contributed by atoms with Crippen molar-refractivity contribution in [1.29, 1.82) is 0 Å². The molecule has 9 nitrogen and oxygen atoms in total. The first-order valence-corrected chi connectivity index (χ1v) is 29.2. The van der Waals surface area contributed by atoms with Crippen LogP contribution in [0.3, 0.4) is 0 Å². The fourth-order valence-corrected chi connectivity index (χ4v) is 7.66. The number of esters is 1. The molecule has 0 fully saturated rings. The van der Waals surface area contributed by atoms with Crippen molar-refractivity contribution in [3.63, 3.8) is 0 Å². The van der Waals surface area contributed by atoms with Crippen LogP contribution in [0.5, 0.6) is 0 Å². The van der Waals surface area contributed by atoms with E-state index in [-0.39, 0.29) is 25.4 Å². The second-order valence-electron chi connectivity index (χ2n) is 19.1. The largest absolute Gasteiger partial charge is 0.756 e. The third-order valence-corrected chi connectivity index (χ3v) is 12.1. The average Bonchev–Trinajstić information content (AvgIpc) is 3.34. The van der Waals surface area contributed by atoms with Crippen molar-refractivity contribution < 1.29 is 37.3 Å². The summed E-state index contributed by atoms with van der Waals surface area (Å²) < 4.78 is 30.1. The van der Waals surface area contributed by atoms with E-state index in [0.717, 1.165) is 77.0 Å². The molecule has 1 amide bonds. The van der Waals surface area contributed by atoms with Gasteiger partial charge < -0.3 is 28.5 Å². The highest BCUT2D eigenvalue weighted by molar-refractivity contribution is 7.45. The maximum absolute atomic E-state index is 13.5. The number of hydrogen-bond donors (Lipinski definition) is 1. The Bertz CT molecular complexity index is 1740. The second-order valence-corrected chi connectivity index (χ2v) is 20.5. The number of unbranched alkanes of at least 4 members (excludes halogenated alkanes) is 14. The number of allylic oxidation sites excluding steroid dienone is 23. The summed E-state index contributed by atoms with van der Waals surface area (Å²) >= 11 is 0. The van der Waals surface area contributed by atoms with E-state index in [4.69, 9.17) is 13.8 Å². The van der Waals surface area contributed by atoms with Gasteiger partial charge in [0.1, 0.15) is 19.3 Å². The first-order chi connectivity index (χ1) is 34.9. The molecule has 406 valence electrons. The number of carbonyl (C=O) groups is 2. The van der Waals surface area contributed by atoms with Crippen molar-refractivity contribution in [3.05, 3.63) is 146 Å². The van der Waals surface area contributed by atoms with E-state index in [2.05, 4.69) is 99.0 Å². The van der Waals surface area contributed by atoms with Gasteiger partial charge in [0.2, 0.25) is 5.91 Å². The van der Waals surface area contributed by atoms with E-state index in [0.29, 0.717) is 30.3 Å². The molecule has 0 saturated carbocycles. The molecule has 1 N–H and O–H groups in total. The Morgan fingerprint density at radius 1 is 0.514 bits per heavy atom. The lowest BCUT2D eigenvalue weighted by Crippen LogP contribution is -2.47. The highest BCUT2D eigenvalue weighted by Gasteiger charge is 2.27. The van der Waals surface area contributed by atoms with E-state index in [9.17, 15) is 19.0 Å². The number of phosphoric acid groups is 1. The fraction of sp³-hybridized carbons (Fsp3) is 0.581. The minimum atomic E-state index is -4.73. The Morgan fingerprint density at radius 2 is 0.972 bits per heavy atom. The van der Waals surface area contributed by atoms with Gasteiger partial charge in [-0.05, 0) is 89.5 Å². The normalized spacial score (nSPS) is 14.9. The van der Waals surface area contributed by atoms with Crippen LogP contribution in [0.25, 0.3) is 0 Å². The van der Waals surface area contributed by atoms with E-state index < -0.39 is 32.5 Å². The number of nitrogens with zero attached hydrogens (tertiary/aromatic N) is 1. The summed E-state index contributed by atoms with van der Waals surface area (Å²) in [5.41, 5.74) is 0. The van der Waals surface area contributed by atoms with Crippen LogP contribution < -0.4 is 10.2 Å². The Hall–Kier alpha value is -4.11. The third-order valence-electron chi connectivity index (χ3n) is 11.2. The summed E-state index contributed by atoms with van der Waals surface area (Å²) in [4.78, 5) is 39.8. The number of likely N-dealkylation sites (N-methyl/N-ethyl adjacent to an activating group) is 1. The fourth-order valence-electron chi connectivity index (χ4n) is 6.94. The average molecular weight is 1020 g/mol. The molecule has 0 aliphatic carbocycles. The van der Waals surface area contributed by atoms with Gasteiger partial charge in [0.25, 0.3) is 7.82 Å². The Kier molecular flexibility index (Phi) is 47.5. The molecule has 3 unspecified atom stereocenters. The quantitative estimate of drug-likeness (QED) is 0.0161. The van der Waals surface area contributed by atoms with Gasteiger partial charge in [-0.25, -0.2) is 0 Å². The molecule has 10 heteroatoms. The second kappa shape index (κ2) is 50.4. The van der Waals surface area contributed by atoms with E-state index in [1.54, 1.807) is 6.08 Å². The van der Waals surface area contributed by atoms with Gasteiger partial charge in [0.05, 0.1) is 33.8 Å². The highest BCUT2D eigenvalue weighted by atomic mass is 31.2. The minimum absolute atomic E-state index is 0.0497. The van der Waals surface area contributed by atoms with Gasteiger partial charge in [0.15, 0.2) is 0 Å². The van der Waals surface area contributed by atoms with Crippen LogP contribution in [-0.2, 0) is 27.9 Å². The number of nitrogens with one attached hydrogen (secondary N) is 1. The molecular formula is C62H101N2O7P. The standard InChI is InChI=1S/C62H101N2O7P/c1-7-10-13-16-19-22-25-28-30-32-34-36-39-42-45-48-51-54-61(65)63-59(58-70-72(67,68)69-57-56-64(4,5)6)60(53-50-47-44-41-38-27-24-21-18-15-12-9-3)71-62(66)55-52-49-46-43-40-37-35-33-31-29-26-23-20-17-14-11-8-2/h10-11,13-14,17,19-20,22-23,26,28-31,33-37,40,42,45,50,53,59-60H,7-9,12,15-16,18,21,24-25,27,32,38-39,41,43-44,46-49,51-52,54-58H2,1-6H3,(H-,63,65,67,68)/b13-10-,14-11-,20-17+,22-19-,26-23+,30-28-,31-29-,35-33+,36-34-,40-37+,45-42-,53-50+. The molecule has 0 aromatic rings. The molecular weight excluding hydrogens is 916 g/mol. The number of phosphoric ester groups is 1. The van der Waals surface area contributed by atoms with Crippen LogP contribution in [0.1, 0.15) is 181 Å². The summed E-state index contributed by atoms with van der Waals surface area (Å²) in [5.74, 6) is -0.677. The number of quaternary nitrogens is 1. The van der Waals surface area contributed by atoms with Crippen LogP contribution in [0.2, 0.25) is 0 Å². The molecule has 0 rings (SSSR count). The first-order valence-electron chi connectivity index (χ1n) is 27.7. The number of rotatable bonds is 47. The summed E-state index contributed by atoms with van der Waals surface area (Å²) in [5, 5.41) is 2.96. The molecule has 0 spiro atoms. The summed E-state index contributed by atoms with van der Waals surface area (Å²) in [6.45, 7) is 6.46. The van der Waals surface area contributed by atoms with E-state index in [1.165, 1.54) is 51.4 Å². The molecule has 0 aliphatic heterocycles. The van der Waals surface area contributed by atoms with Crippen molar-refractivity contribution >= 4 is 19.7 Å². The van der Waals surface area contributed by atoms with Crippen molar-refractivity contribution in [2.24, 2.45) is 0 Å². The summed E-state index contributed by atoms with van der Waals surface area (Å²) in [7, 11) is 1.09. The molecule has 0 radical (unpaired) electrons. The molecule has 0 aromatic heterocycles. The van der Waals surface area contributed by atoms with E-state index in [1.807, 2.05) is 88.0 Å². The van der Waals surface area contributed by atoms with Crippen LogP contribution in [-0.4, -0.2) is 69.4 Å². The number of hydrogen-bond acceptors (Lipinski definition) is 7. The van der Waals surface area contributed by atoms with Gasteiger partial charge in [-0.15, -0.1) is 0 Å². The SMILES string of the molecule is CC\C=C/C=C/C=C/C=C\C=C\C=C\CCCCCC(=O)OC(/C=C/CCCCCCCCCCCC)C(COP(=O)([O-])OCC[N+](C)(C)C)NC(=O)CCC/C=C\C/C=C\C/C=C\C/C=C\C/C=C\CC. The molecule has 0 bridgehead atoms. The molecule has 3 atom stereocenters. The predicted molar refractivity (Wildman–Crippen MR) is 306 cm³/mol. The molecule has 0 aromatic carbocycles. The van der Waals surface area contributed by atoms with Crippen LogP contribution in [0, 0.1) is 0 Å². The van der Waals surface area contributed by atoms with Crippen molar-refractivity contribution in [2.45, 2.75) is 193 Å². The maximum Gasteiger partial charge on any atom is 0.306 e. The smallest absolute Gasteiger partial charge is 0.306 e. The monoisotopic (exact) mass is 1020 g/mol. The number of carbonyl (C=O) groups excluding carboxylic acids is 2. The lowest BCUT2D eigenvalue weighted by Gasteiger charge is -2.30. The van der Waals surface area contributed by atoms with Gasteiger partial charge >= 0.3 is 5.97 Å². The molecule has 0 aliphatic rings. The van der Waals surface area contributed by atoms with Crippen molar-refractivity contribution in [1.82, 2.24) is 5.32 Å². The van der Waals surface area contributed by atoms with Crippen LogP contribution in [0.4, 0.5) is 0 Å². The Balaban J connectivity index is 5.59. The predicted octanol–water partition coefficient (Wildman–Crippen LogP) is 16.1. The van der Waals surface area contributed by atoms with E-state index >= 15 is 0 Å². The van der Waals surface area contributed by atoms with Gasteiger partial charge in [0, 0.05) is 12.8 Å². The zero-order valence-corrected chi connectivity index (χ0v) is 47.0. The third kappa shape index (κ3) is 50.8. The molecule has 0 heterocycles. The molecule has 0 saturated heterocycles. The van der Waals surface area contributed by atoms with Gasteiger partial charge in [-0.1, -0.05) is 225 Å². The topological polar surface area (TPSA) is 114 Å². The molecule has 72 heavy (non-hydrogen) atoms. The summed E-state index contributed by atoms with van der Waals surface area (Å²) in [6.07, 6.45) is 72.5. The zero-order valence-electron chi connectivity index (χ0n) is 46.1. The highest BCUT2D eigenvalue weighted by Crippen LogP contribution is 2.38. The van der Waals surface area contributed by atoms with Gasteiger partial charge in [-0.2, -0.15) is 0 Å². The Labute approximate surface area is 440 Å². The van der Waals surface area contributed by atoms with Crippen LogP contribution in [0.15, 0.2) is 146 Å².